The molecule has 0 atom stereocenters. The SMILES string of the molecule is c1ccc(-c2cc(-c3cccc(-c4cccc(-c5cccc(-c6cccc(-c7cccc8c7sc7ccccc78)c6)c5)c4)c3)cc(-c3cccc4c3oc3ccccc34)c2)nc1. The fourth-order valence-corrected chi connectivity index (χ4v) is 10.3. The molecule has 290 valence electrons. The normalized spacial score (nSPS) is 11.5. The molecule has 0 aliphatic carbocycles. The molecule has 0 bridgehead atoms. The maximum atomic E-state index is 6.52. The number of furan rings is 1. The summed E-state index contributed by atoms with van der Waals surface area (Å²) in [5.41, 5.74) is 17.8. The Morgan fingerprint density at radius 1 is 0.323 bits per heavy atom. The van der Waals surface area contributed by atoms with E-state index < -0.39 is 0 Å². The first-order chi connectivity index (χ1) is 30.7. The Labute approximate surface area is 363 Å². The number of hydrogen-bond acceptors (Lipinski definition) is 3. The number of para-hydroxylation sites is 2. The minimum Gasteiger partial charge on any atom is -0.455 e. The van der Waals surface area contributed by atoms with Crippen LogP contribution in [0.15, 0.2) is 229 Å². The molecule has 12 aromatic rings. The van der Waals surface area contributed by atoms with Crippen molar-refractivity contribution in [1.29, 1.82) is 0 Å². The summed E-state index contributed by atoms with van der Waals surface area (Å²) >= 11 is 1.88. The Bertz CT molecular complexity index is 3650. The van der Waals surface area contributed by atoms with Crippen LogP contribution in [0.5, 0.6) is 0 Å². The Balaban J connectivity index is 0.898. The van der Waals surface area contributed by atoms with E-state index in [1.807, 2.05) is 41.8 Å². The van der Waals surface area contributed by atoms with Crippen LogP contribution in [0.2, 0.25) is 0 Å². The summed E-state index contributed by atoms with van der Waals surface area (Å²) in [6, 6.07) is 78.7. The Morgan fingerprint density at radius 2 is 0.806 bits per heavy atom. The van der Waals surface area contributed by atoms with Crippen LogP contribution >= 0.6 is 11.3 Å². The third-order valence-corrected chi connectivity index (χ3v) is 13.3. The van der Waals surface area contributed by atoms with Crippen molar-refractivity contribution in [2.75, 3.05) is 0 Å². The highest BCUT2D eigenvalue weighted by atomic mass is 32.1. The molecule has 9 aromatic carbocycles. The summed E-state index contributed by atoms with van der Waals surface area (Å²) in [5, 5.41) is 4.88. The van der Waals surface area contributed by atoms with E-state index in [0.717, 1.165) is 61.0 Å². The summed E-state index contributed by atoms with van der Waals surface area (Å²) in [5.74, 6) is 0. The molecule has 3 aromatic heterocycles. The second-order valence-electron chi connectivity index (χ2n) is 15.9. The molecule has 3 heterocycles. The first kappa shape index (κ1) is 36.0. The number of pyridine rings is 1. The largest absolute Gasteiger partial charge is 0.455 e. The van der Waals surface area contributed by atoms with Crippen molar-refractivity contribution >= 4 is 53.4 Å². The molecule has 0 fully saturated rings. The molecule has 0 saturated carbocycles. The number of hydrogen-bond donors (Lipinski definition) is 0. The van der Waals surface area contributed by atoms with Gasteiger partial charge in [0, 0.05) is 48.3 Å². The van der Waals surface area contributed by atoms with E-state index in [9.17, 15) is 0 Å². The summed E-state index contributed by atoms with van der Waals surface area (Å²) in [6.45, 7) is 0. The van der Waals surface area contributed by atoms with Gasteiger partial charge in [-0.1, -0.05) is 152 Å². The summed E-state index contributed by atoms with van der Waals surface area (Å²) < 4.78 is 9.18. The van der Waals surface area contributed by atoms with Gasteiger partial charge in [0.1, 0.15) is 11.2 Å². The molecule has 3 heteroatoms. The average Bonchev–Trinajstić information content (AvgIpc) is 3.93. The van der Waals surface area contributed by atoms with Crippen LogP contribution in [-0.2, 0) is 0 Å². The summed E-state index contributed by atoms with van der Waals surface area (Å²) in [7, 11) is 0. The van der Waals surface area contributed by atoms with Crippen molar-refractivity contribution in [2.24, 2.45) is 0 Å². The monoisotopic (exact) mass is 807 g/mol. The highest BCUT2D eigenvalue weighted by molar-refractivity contribution is 7.26. The maximum Gasteiger partial charge on any atom is 0.143 e. The second kappa shape index (κ2) is 15.0. The van der Waals surface area contributed by atoms with Crippen LogP contribution in [0.1, 0.15) is 0 Å². The van der Waals surface area contributed by atoms with E-state index in [-0.39, 0.29) is 0 Å². The smallest absolute Gasteiger partial charge is 0.143 e. The van der Waals surface area contributed by atoms with Gasteiger partial charge in [-0.3, -0.25) is 4.98 Å². The van der Waals surface area contributed by atoms with Crippen LogP contribution < -0.4 is 0 Å². The van der Waals surface area contributed by atoms with Crippen molar-refractivity contribution in [3.63, 3.8) is 0 Å². The fraction of sp³-hybridized carbons (Fsp3) is 0. The number of aromatic nitrogens is 1. The van der Waals surface area contributed by atoms with Gasteiger partial charge in [-0.2, -0.15) is 0 Å². The van der Waals surface area contributed by atoms with Crippen molar-refractivity contribution in [3.8, 4) is 78.0 Å². The number of benzene rings is 9. The van der Waals surface area contributed by atoms with Gasteiger partial charge < -0.3 is 4.42 Å². The third kappa shape index (κ3) is 6.39. The molecule has 0 N–H and O–H groups in total. The van der Waals surface area contributed by atoms with E-state index in [0.29, 0.717) is 0 Å². The van der Waals surface area contributed by atoms with E-state index in [1.165, 1.54) is 59.1 Å². The van der Waals surface area contributed by atoms with Crippen molar-refractivity contribution in [3.05, 3.63) is 225 Å². The minimum absolute atomic E-state index is 0.892. The van der Waals surface area contributed by atoms with Crippen LogP contribution in [0, 0.1) is 0 Å². The number of nitrogens with zero attached hydrogens (tertiary/aromatic N) is 1. The molecule has 0 aliphatic rings. The number of fused-ring (bicyclic) bond motifs is 6. The van der Waals surface area contributed by atoms with Gasteiger partial charge in [-0.15, -0.1) is 11.3 Å². The first-order valence-corrected chi connectivity index (χ1v) is 21.8. The van der Waals surface area contributed by atoms with Crippen LogP contribution in [-0.4, -0.2) is 4.98 Å². The molecule has 0 unspecified atom stereocenters. The van der Waals surface area contributed by atoms with Gasteiger partial charge in [0.25, 0.3) is 0 Å². The van der Waals surface area contributed by atoms with E-state index in [2.05, 4.69) is 194 Å². The Morgan fingerprint density at radius 3 is 1.48 bits per heavy atom. The third-order valence-electron chi connectivity index (χ3n) is 12.1. The zero-order valence-electron chi connectivity index (χ0n) is 33.6. The van der Waals surface area contributed by atoms with Crippen LogP contribution in [0.3, 0.4) is 0 Å². The lowest BCUT2D eigenvalue weighted by molar-refractivity contribution is 0.670. The zero-order chi connectivity index (χ0) is 41.0. The summed E-state index contributed by atoms with van der Waals surface area (Å²) in [6.07, 6.45) is 1.86. The zero-order valence-corrected chi connectivity index (χ0v) is 34.4. The molecule has 2 nitrogen and oxygen atoms in total. The quantitative estimate of drug-likeness (QED) is 0.160. The topological polar surface area (TPSA) is 26.0 Å². The molecule has 0 aliphatic heterocycles. The maximum absolute atomic E-state index is 6.52. The van der Waals surface area contributed by atoms with Gasteiger partial charge >= 0.3 is 0 Å². The van der Waals surface area contributed by atoms with Gasteiger partial charge in [0.2, 0.25) is 0 Å². The molecule has 62 heavy (non-hydrogen) atoms. The lowest BCUT2D eigenvalue weighted by Crippen LogP contribution is -1.89. The van der Waals surface area contributed by atoms with Gasteiger partial charge in [-0.05, 0) is 128 Å². The predicted octanol–water partition coefficient (Wildman–Crippen LogP) is 17.0. The lowest BCUT2D eigenvalue weighted by atomic mass is 9.92. The molecule has 0 saturated heterocycles. The Hall–Kier alpha value is -7.85. The van der Waals surface area contributed by atoms with Crippen LogP contribution in [0.4, 0.5) is 0 Å². The summed E-state index contributed by atoms with van der Waals surface area (Å²) in [4.78, 5) is 4.76. The molecule has 0 spiro atoms. The number of thiophene rings is 1. The average molecular weight is 808 g/mol. The standard InChI is InChI=1S/C59H37NOS/c1-3-28-56-51(21-1)53-25-11-23-49(58(53)61-56)47-35-46(36-48(37-47)55-27-5-6-30-60-55)44-19-9-17-42(33-44)40-15-7-13-38(31-40)39-14-8-16-41(32-39)43-18-10-20-45(34-43)50-24-12-26-54-52-22-2-4-29-57(52)62-59(50)54/h1-37H. The second-order valence-corrected chi connectivity index (χ2v) is 17.0. The number of rotatable bonds is 7. The minimum atomic E-state index is 0.892. The fourth-order valence-electron chi connectivity index (χ4n) is 9.08. The van der Waals surface area contributed by atoms with Gasteiger partial charge in [0.05, 0.1) is 5.69 Å². The van der Waals surface area contributed by atoms with Crippen LogP contribution in [0.25, 0.3) is 120 Å². The molecular weight excluding hydrogens is 771 g/mol. The van der Waals surface area contributed by atoms with Crippen molar-refractivity contribution in [2.45, 2.75) is 0 Å². The van der Waals surface area contributed by atoms with E-state index >= 15 is 0 Å². The lowest BCUT2D eigenvalue weighted by Gasteiger charge is -2.13. The molecular formula is C59H37NOS. The van der Waals surface area contributed by atoms with E-state index in [1.54, 1.807) is 0 Å². The highest BCUT2D eigenvalue weighted by Gasteiger charge is 2.16. The van der Waals surface area contributed by atoms with Gasteiger partial charge in [-0.25, -0.2) is 0 Å². The predicted molar refractivity (Wildman–Crippen MR) is 262 cm³/mol. The first-order valence-electron chi connectivity index (χ1n) is 21.0. The Kier molecular flexibility index (Phi) is 8.72. The van der Waals surface area contributed by atoms with E-state index in [4.69, 9.17) is 9.40 Å². The molecule has 0 amide bonds. The highest BCUT2D eigenvalue weighted by Crippen LogP contribution is 2.42. The molecule has 12 rings (SSSR count). The molecule has 0 radical (unpaired) electrons. The van der Waals surface area contributed by atoms with Gasteiger partial charge in [0.15, 0.2) is 0 Å². The van der Waals surface area contributed by atoms with Crippen molar-refractivity contribution in [1.82, 2.24) is 4.98 Å². The van der Waals surface area contributed by atoms with Crippen molar-refractivity contribution < 1.29 is 4.42 Å².